The fraction of sp³-hybridized carbons (Fsp3) is 0.455. The van der Waals surface area contributed by atoms with Gasteiger partial charge in [0.1, 0.15) is 0 Å². The van der Waals surface area contributed by atoms with Crippen LogP contribution in [0.3, 0.4) is 0 Å². The van der Waals surface area contributed by atoms with E-state index in [1.165, 1.54) is 5.56 Å². The molecule has 1 aromatic carbocycles. The molecule has 0 bridgehead atoms. The van der Waals surface area contributed by atoms with Crippen molar-refractivity contribution in [1.29, 1.82) is 0 Å². The first-order chi connectivity index (χ1) is 6.95. The van der Waals surface area contributed by atoms with Crippen LogP contribution >= 0.6 is 24.8 Å². The van der Waals surface area contributed by atoms with Crippen molar-refractivity contribution in [2.45, 2.75) is 6.54 Å². The van der Waals surface area contributed by atoms with Crippen LogP contribution in [-0.2, 0) is 6.54 Å². The predicted molar refractivity (Wildman–Crippen MR) is 72.2 cm³/mol. The van der Waals surface area contributed by atoms with Crippen LogP contribution in [0.25, 0.3) is 0 Å². The molecule has 1 heterocycles. The van der Waals surface area contributed by atoms with Gasteiger partial charge in [-0.25, -0.2) is 0 Å². The second kappa shape index (κ2) is 8.79. The normalized spacial score (nSPS) is 16.8. The second-order valence-electron chi connectivity index (χ2n) is 3.62. The van der Waals surface area contributed by atoms with Crippen molar-refractivity contribution in [3.8, 4) is 0 Å². The van der Waals surface area contributed by atoms with E-state index in [1.807, 2.05) is 0 Å². The summed E-state index contributed by atoms with van der Waals surface area (Å²) in [5.41, 5.74) is 7.74. The molecule has 1 fully saturated rings. The van der Waals surface area contributed by atoms with Gasteiger partial charge in [0.2, 0.25) is 0 Å². The lowest BCUT2D eigenvalue weighted by Crippen LogP contribution is -2.32. The smallest absolute Gasteiger partial charge is 0.0234 e. The molecule has 5 heteroatoms. The Hall–Kier alpha value is -0.320. The highest BCUT2D eigenvalue weighted by atomic mass is 35.5. The van der Waals surface area contributed by atoms with Crippen molar-refractivity contribution in [2.24, 2.45) is 0 Å². The first kappa shape index (κ1) is 15.7. The summed E-state index contributed by atoms with van der Waals surface area (Å²) in [6.07, 6.45) is 0. The molecule has 16 heavy (non-hydrogen) atoms. The molecular formula is C11H19Cl2N3. The molecule has 0 spiro atoms. The molecule has 0 atom stereocenters. The number of nitrogens with one attached hydrogen (secondary N) is 2. The van der Waals surface area contributed by atoms with E-state index in [4.69, 9.17) is 0 Å². The van der Waals surface area contributed by atoms with Gasteiger partial charge in [-0.2, -0.15) is 0 Å². The van der Waals surface area contributed by atoms with Crippen LogP contribution in [-0.4, -0.2) is 31.1 Å². The quantitative estimate of drug-likeness (QED) is 0.846. The van der Waals surface area contributed by atoms with Gasteiger partial charge in [-0.15, -0.1) is 24.8 Å². The maximum Gasteiger partial charge on any atom is 0.0234 e. The third-order valence-electron chi connectivity index (χ3n) is 2.48. The molecule has 1 saturated heterocycles. The number of hydrazine groups is 1. The molecule has 92 valence electrons. The van der Waals surface area contributed by atoms with Crippen LogP contribution in [0.15, 0.2) is 30.3 Å². The number of benzene rings is 1. The molecule has 1 aliphatic heterocycles. The molecule has 0 unspecified atom stereocenters. The second-order valence-corrected chi connectivity index (χ2v) is 3.62. The third kappa shape index (κ3) is 5.14. The number of rotatable bonds is 2. The first-order valence-corrected chi connectivity index (χ1v) is 5.17. The minimum Gasteiger partial charge on any atom is -0.296 e. The van der Waals surface area contributed by atoms with Crippen molar-refractivity contribution in [3.05, 3.63) is 35.9 Å². The van der Waals surface area contributed by atoms with Crippen LogP contribution < -0.4 is 10.9 Å². The number of nitrogens with zero attached hydrogens (tertiary/aromatic N) is 1. The van der Waals surface area contributed by atoms with Gasteiger partial charge in [-0.05, 0) is 5.56 Å². The van der Waals surface area contributed by atoms with Crippen LogP contribution in [0, 0.1) is 0 Å². The fourth-order valence-electron chi connectivity index (χ4n) is 1.72. The van der Waals surface area contributed by atoms with Gasteiger partial charge in [-0.3, -0.25) is 15.8 Å². The summed E-state index contributed by atoms with van der Waals surface area (Å²) in [6, 6.07) is 10.6. The maximum absolute atomic E-state index is 3.17. The van der Waals surface area contributed by atoms with Crippen molar-refractivity contribution in [2.75, 3.05) is 26.2 Å². The molecule has 3 nitrogen and oxygen atoms in total. The van der Waals surface area contributed by atoms with E-state index in [1.54, 1.807) is 0 Å². The Morgan fingerprint density at radius 2 is 1.50 bits per heavy atom. The highest BCUT2D eigenvalue weighted by Crippen LogP contribution is 2.03. The standard InChI is InChI=1S/C11H17N3.2ClH/c1-2-4-11(5-3-1)10-14-8-6-12-13-7-9-14;;/h1-5,12-13H,6-10H2;2*1H. The van der Waals surface area contributed by atoms with Crippen LogP contribution in [0.1, 0.15) is 5.56 Å². The number of hydrogen-bond donors (Lipinski definition) is 2. The minimum atomic E-state index is 0. The van der Waals surface area contributed by atoms with E-state index in [9.17, 15) is 0 Å². The molecule has 0 aromatic heterocycles. The topological polar surface area (TPSA) is 27.3 Å². The average Bonchev–Trinajstić information content (AvgIpc) is 2.48. The zero-order valence-corrected chi connectivity index (χ0v) is 10.8. The molecule has 2 N–H and O–H groups in total. The van der Waals surface area contributed by atoms with Crippen molar-refractivity contribution in [1.82, 2.24) is 15.8 Å². The lowest BCUT2D eigenvalue weighted by molar-refractivity contribution is 0.290. The Kier molecular flexibility index (Phi) is 8.61. The summed E-state index contributed by atoms with van der Waals surface area (Å²) in [6.45, 7) is 5.33. The van der Waals surface area contributed by atoms with Gasteiger partial charge >= 0.3 is 0 Å². The molecule has 2 rings (SSSR count). The van der Waals surface area contributed by atoms with Gasteiger partial charge in [0.05, 0.1) is 0 Å². The summed E-state index contributed by atoms with van der Waals surface area (Å²) in [5, 5.41) is 0. The van der Waals surface area contributed by atoms with E-state index in [0.29, 0.717) is 0 Å². The summed E-state index contributed by atoms with van der Waals surface area (Å²) < 4.78 is 0. The summed E-state index contributed by atoms with van der Waals surface area (Å²) in [4.78, 5) is 2.46. The highest BCUT2D eigenvalue weighted by molar-refractivity contribution is 5.85. The van der Waals surface area contributed by atoms with Crippen LogP contribution in [0.5, 0.6) is 0 Å². The molecule has 0 aliphatic carbocycles. The van der Waals surface area contributed by atoms with E-state index in [2.05, 4.69) is 46.1 Å². The largest absolute Gasteiger partial charge is 0.296 e. The first-order valence-electron chi connectivity index (χ1n) is 5.17. The zero-order valence-electron chi connectivity index (χ0n) is 9.19. The fourth-order valence-corrected chi connectivity index (χ4v) is 1.72. The van der Waals surface area contributed by atoms with Gasteiger partial charge in [-0.1, -0.05) is 30.3 Å². The van der Waals surface area contributed by atoms with E-state index in [0.717, 1.165) is 32.7 Å². The maximum atomic E-state index is 3.17. The molecular weight excluding hydrogens is 245 g/mol. The minimum absolute atomic E-state index is 0. The zero-order chi connectivity index (χ0) is 9.64. The van der Waals surface area contributed by atoms with Gasteiger partial charge in [0.25, 0.3) is 0 Å². The molecule has 0 amide bonds. The number of halogens is 2. The summed E-state index contributed by atoms with van der Waals surface area (Å²) in [5.74, 6) is 0. The summed E-state index contributed by atoms with van der Waals surface area (Å²) >= 11 is 0. The van der Waals surface area contributed by atoms with Gasteiger partial charge in [0, 0.05) is 32.7 Å². The molecule has 0 saturated carbocycles. The Morgan fingerprint density at radius 3 is 2.06 bits per heavy atom. The SMILES string of the molecule is Cl.Cl.c1ccc(CN2CCNNCC2)cc1. The van der Waals surface area contributed by atoms with Crippen molar-refractivity contribution >= 4 is 24.8 Å². The lowest BCUT2D eigenvalue weighted by atomic mass is 10.2. The Labute approximate surface area is 109 Å². The van der Waals surface area contributed by atoms with Crippen molar-refractivity contribution < 1.29 is 0 Å². The summed E-state index contributed by atoms with van der Waals surface area (Å²) in [7, 11) is 0. The number of hydrogen-bond acceptors (Lipinski definition) is 3. The third-order valence-corrected chi connectivity index (χ3v) is 2.48. The van der Waals surface area contributed by atoms with E-state index in [-0.39, 0.29) is 24.8 Å². The monoisotopic (exact) mass is 263 g/mol. The molecule has 1 aliphatic rings. The Balaban J connectivity index is 0.00000112. The predicted octanol–water partition coefficient (Wildman–Crippen LogP) is 1.44. The van der Waals surface area contributed by atoms with Gasteiger partial charge < -0.3 is 0 Å². The Bertz CT molecular complexity index is 261. The average molecular weight is 264 g/mol. The Morgan fingerprint density at radius 1 is 0.938 bits per heavy atom. The van der Waals surface area contributed by atoms with Crippen LogP contribution in [0.4, 0.5) is 0 Å². The molecule has 0 radical (unpaired) electrons. The van der Waals surface area contributed by atoms with Gasteiger partial charge in [0.15, 0.2) is 0 Å². The lowest BCUT2D eigenvalue weighted by Gasteiger charge is -2.18. The van der Waals surface area contributed by atoms with E-state index < -0.39 is 0 Å². The molecule has 1 aromatic rings. The van der Waals surface area contributed by atoms with E-state index >= 15 is 0 Å². The highest BCUT2D eigenvalue weighted by Gasteiger charge is 2.07. The van der Waals surface area contributed by atoms with Crippen LogP contribution in [0.2, 0.25) is 0 Å². The van der Waals surface area contributed by atoms with Crippen molar-refractivity contribution in [3.63, 3.8) is 0 Å².